The Labute approximate surface area is 156 Å². The van der Waals surface area contributed by atoms with Crippen molar-refractivity contribution in [3.63, 3.8) is 0 Å². The number of carbonyl (C=O) groups excluding carboxylic acids is 1. The average molecular weight is 366 g/mol. The van der Waals surface area contributed by atoms with E-state index in [9.17, 15) is 9.18 Å². The van der Waals surface area contributed by atoms with Gasteiger partial charge in [0.25, 0.3) is 5.91 Å². The van der Waals surface area contributed by atoms with Crippen LogP contribution in [0, 0.1) is 5.82 Å². The van der Waals surface area contributed by atoms with Crippen LogP contribution in [0.1, 0.15) is 27.3 Å². The monoisotopic (exact) mass is 366 g/mol. The Balaban J connectivity index is 1.48. The van der Waals surface area contributed by atoms with Crippen LogP contribution in [0.3, 0.4) is 0 Å². The minimum absolute atomic E-state index is 0.179. The van der Waals surface area contributed by atoms with Gasteiger partial charge in [-0.1, -0.05) is 12.1 Å². The standard InChI is InChI=1S/C19H19FN6O/c1-24(2)19(27)16-7-21-8-18(22-16)25-10-14-11-26(23-17(14)12-25)9-13-4-3-5-15(20)6-13/h3-8,11H,9-10,12H2,1-2H3. The molecule has 27 heavy (non-hydrogen) atoms. The van der Waals surface area contributed by atoms with E-state index in [0.29, 0.717) is 31.1 Å². The second-order valence-electron chi connectivity index (χ2n) is 6.75. The second kappa shape index (κ2) is 6.79. The highest BCUT2D eigenvalue weighted by Crippen LogP contribution is 2.26. The molecule has 0 spiro atoms. The fraction of sp³-hybridized carbons (Fsp3) is 0.263. The molecule has 138 valence electrons. The van der Waals surface area contributed by atoms with Crippen LogP contribution in [0.25, 0.3) is 0 Å². The first-order valence-electron chi connectivity index (χ1n) is 8.58. The molecule has 8 heteroatoms. The predicted octanol–water partition coefficient (Wildman–Crippen LogP) is 2.08. The smallest absolute Gasteiger partial charge is 0.273 e. The molecule has 0 bridgehead atoms. The van der Waals surface area contributed by atoms with Gasteiger partial charge in [0.15, 0.2) is 0 Å². The van der Waals surface area contributed by atoms with Crippen LogP contribution >= 0.6 is 0 Å². The maximum Gasteiger partial charge on any atom is 0.273 e. The minimum atomic E-state index is -0.246. The Morgan fingerprint density at radius 1 is 1.26 bits per heavy atom. The van der Waals surface area contributed by atoms with Gasteiger partial charge in [-0.15, -0.1) is 0 Å². The highest BCUT2D eigenvalue weighted by atomic mass is 19.1. The number of hydrogen-bond acceptors (Lipinski definition) is 5. The van der Waals surface area contributed by atoms with E-state index in [1.54, 1.807) is 26.4 Å². The molecule has 1 aromatic carbocycles. The summed E-state index contributed by atoms with van der Waals surface area (Å²) in [5.74, 6) is 0.225. The molecule has 0 fully saturated rings. The summed E-state index contributed by atoms with van der Waals surface area (Å²) in [5, 5.41) is 4.61. The Bertz CT molecular complexity index is 976. The number of hydrogen-bond donors (Lipinski definition) is 0. The molecule has 0 unspecified atom stereocenters. The third-order valence-electron chi connectivity index (χ3n) is 4.43. The first kappa shape index (κ1) is 17.1. The number of benzene rings is 1. The van der Waals surface area contributed by atoms with Crippen molar-refractivity contribution < 1.29 is 9.18 Å². The number of nitrogens with zero attached hydrogens (tertiary/aromatic N) is 6. The summed E-state index contributed by atoms with van der Waals surface area (Å²) in [7, 11) is 3.37. The Hall–Kier alpha value is -3.29. The zero-order valence-corrected chi connectivity index (χ0v) is 15.1. The fourth-order valence-corrected chi connectivity index (χ4v) is 3.12. The molecule has 0 radical (unpaired) electrons. The van der Waals surface area contributed by atoms with Crippen molar-refractivity contribution in [1.29, 1.82) is 0 Å². The molecule has 4 rings (SSSR count). The molecule has 0 aliphatic carbocycles. The van der Waals surface area contributed by atoms with E-state index in [1.807, 2.05) is 21.8 Å². The van der Waals surface area contributed by atoms with E-state index in [1.165, 1.54) is 23.2 Å². The van der Waals surface area contributed by atoms with Crippen molar-refractivity contribution in [2.75, 3.05) is 19.0 Å². The van der Waals surface area contributed by atoms with E-state index in [0.717, 1.165) is 16.8 Å². The van der Waals surface area contributed by atoms with Crippen molar-refractivity contribution in [1.82, 2.24) is 24.6 Å². The van der Waals surface area contributed by atoms with Gasteiger partial charge in [0.2, 0.25) is 0 Å². The summed E-state index contributed by atoms with van der Waals surface area (Å²) in [6, 6.07) is 6.53. The fourth-order valence-electron chi connectivity index (χ4n) is 3.12. The topological polar surface area (TPSA) is 67.2 Å². The first-order chi connectivity index (χ1) is 13.0. The van der Waals surface area contributed by atoms with Gasteiger partial charge in [-0.25, -0.2) is 9.37 Å². The van der Waals surface area contributed by atoms with Crippen LogP contribution in [0.2, 0.25) is 0 Å². The van der Waals surface area contributed by atoms with Crippen molar-refractivity contribution in [2.24, 2.45) is 0 Å². The lowest BCUT2D eigenvalue weighted by Crippen LogP contribution is -2.24. The Morgan fingerprint density at radius 2 is 2.11 bits per heavy atom. The molecule has 2 aromatic heterocycles. The number of fused-ring (bicyclic) bond motifs is 1. The quantitative estimate of drug-likeness (QED) is 0.707. The normalized spacial score (nSPS) is 12.9. The summed E-state index contributed by atoms with van der Waals surface area (Å²) in [6.45, 7) is 1.77. The largest absolute Gasteiger partial charge is 0.345 e. The lowest BCUT2D eigenvalue weighted by Gasteiger charge is -2.17. The summed E-state index contributed by atoms with van der Waals surface area (Å²) in [4.78, 5) is 24.2. The number of carbonyl (C=O) groups is 1. The zero-order chi connectivity index (χ0) is 19.0. The van der Waals surface area contributed by atoms with E-state index < -0.39 is 0 Å². The Kier molecular flexibility index (Phi) is 4.31. The molecule has 0 saturated carbocycles. The van der Waals surface area contributed by atoms with Crippen LogP contribution in [0.15, 0.2) is 42.9 Å². The minimum Gasteiger partial charge on any atom is -0.345 e. The molecule has 3 aromatic rings. The molecule has 7 nitrogen and oxygen atoms in total. The summed E-state index contributed by atoms with van der Waals surface area (Å²) in [6.07, 6.45) is 5.10. The molecule has 1 amide bonds. The molecule has 0 N–H and O–H groups in total. The van der Waals surface area contributed by atoms with E-state index in [4.69, 9.17) is 0 Å². The highest BCUT2D eigenvalue weighted by Gasteiger charge is 2.25. The van der Waals surface area contributed by atoms with Crippen molar-refractivity contribution in [2.45, 2.75) is 19.6 Å². The average Bonchev–Trinajstić information content (AvgIpc) is 3.19. The van der Waals surface area contributed by atoms with Gasteiger partial charge in [-0.05, 0) is 17.7 Å². The summed E-state index contributed by atoms with van der Waals surface area (Å²) >= 11 is 0. The van der Waals surface area contributed by atoms with Gasteiger partial charge in [0.05, 0.1) is 31.2 Å². The van der Waals surface area contributed by atoms with Crippen LogP contribution < -0.4 is 4.90 Å². The van der Waals surface area contributed by atoms with Crippen LogP contribution in [-0.4, -0.2) is 44.7 Å². The Morgan fingerprint density at radius 3 is 2.85 bits per heavy atom. The molecule has 0 saturated heterocycles. The van der Waals surface area contributed by atoms with Gasteiger partial charge in [0.1, 0.15) is 17.3 Å². The van der Waals surface area contributed by atoms with Crippen LogP contribution in [-0.2, 0) is 19.6 Å². The lowest BCUT2D eigenvalue weighted by molar-refractivity contribution is 0.0821. The van der Waals surface area contributed by atoms with Gasteiger partial charge < -0.3 is 9.80 Å². The molecular weight excluding hydrogens is 347 g/mol. The van der Waals surface area contributed by atoms with Gasteiger partial charge in [0, 0.05) is 32.4 Å². The van der Waals surface area contributed by atoms with E-state index in [2.05, 4.69) is 15.1 Å². The maximum absolute atomic E-state index is 13.3. The maximum atomic E-state index is 13.3. The molecule has 3 heterocycles. The number of anilines is 1. The highest BCUT2D eigenvalue weighted by molar-refractivity contribution is 5.91. The van der Waals surface area contributed by atoms with Crippen LogP contribution in [0.5, 0.6) is 0 Å². The molecule has 1 aliphatic rings. The SMILES string of the molecule is CN(C)C(=O)c1cncc(N2Cc3cn(Cc4cccc(F)c4)nc3C2)n1. The van der Waals surface area contributed by atoms with Gasteiger partial charge in [-0.3, -0.25) is 14.5 Å². The first-order valence-corrected chi connectivity index (χ1v) is 8.58. The third-order valence-corrected chi connectivity index (χ3v) is 4.43. The number of amides is 1. The van der Waals surface area contributed by atoms with Crippen molar-refractivity contribution in [3.8, 4) is 0 Å². The third kappa shape index (κ3) is 3.51. The van der Waals surface area contributed by atoms with Gasteiger partial charge in [-0.2, -0.15) is 5.10 Å². The summed E-state index contributed by atoms with van der Waals surface area (Å²) < 4.78 is 15.2. The second-order valence-corrected chi connectivity index (χ2v) is 6.75. The molecule has 0 atom stereocenters. The number of aromatic nitrogens is 4. The summed E-state index contributed by atoms with van der Waals surface area (Å²) in [5.41, 5.74) is 3.24. The predicted molar refractivity (Wildman–Crippen MR) is 97.7 cm³/mol. The zero-order valence-electron chi connectivity index (χ0n) is 15.1. The number of rotatable bonds is 4. The number of halogens is 1. The van der Waals surface area contributed by atoms with Crippen molar-refractivity contribution in [3.05, 3.63) is 71.2 Å². The van der Waals surface area contributed by atoms with Gasteiger partial charge >= 0.3 is 0 Å². The van der Waals surface area contributed by atoms with Crippen LogP contribution in [0.4, 0.5) is 10.2 Å². The van der Waals surface area contributed by atoms with E-state index >= 15 is 0 Å². The lowest BCUT2D eigenvalue weighted by atomic mass is 10.2. The van der Waals surface area contributed by atoms with E-state index in [-0.39, 0.29) is 11.7 Å². The molecular formula is C19H19FN6O. The molecule has 1 aliphatic heterocycles. The van der Waals surface area contributed by atoms with Crippen molar-refractivity contribution >= 4 is 11.7 Å².